The quantitative estimate of drug-likeness (QED) is 0.299. The molecule has 25 heavy (non-hydrogen) atoms. The van der Waals surface area contributed by atoms with Crippen LogP contribution in [0.2, 0.25) is 0 Å². The van der Waals surface area contributed by atoms with Crippen molar-refractivity contribution >= 4 is 0 Å². The Bertz CT molecular complexity index is 376. The summed E-state index contributed by atoms with van der Waals surface area (Å²) in [4.78, 5) is 0. The van der Waals surface area contributed by atoms with Crippen molar-refractivity contribution in [2.45, 2.75) is 116 Å². The minimum atomic E-state index is 0. The van der Waals surface area contributed by atoms with Gasteiger partial charge in [0.1, 0.15) is 12.4 Å². The summed E-state index contributed by atoms with van der Waals surface area (Å²) < 4.78 is 4.41. The molecule has 0 amide bonds. The molecule has 0 fully saturated rings. The summed E-state index contributed by atoms with van der Waals surface area (Å²) in [6, 6.07) is 0. The average molecular weight is 355 g/mol. The third-order valence-electron chi connectivity index (χ3n) is 5.09. The Morgan fingerprint density at radius 1 is 0.640 bits per heavy atom. The molecule has 0 N–H and O–H groups in total. The Balaban J connectivity index is 0.00000576. The molecule has 0 bridgehead atoms. The van der Waals surface area contributed by atoms with Gasteiger partial charge >= 0.3 is 0 Å². The van der Waals surface area contributed by atoms with E-state index in [1.807, 2.05) is 0 Å². The zero-order chi connectivity index (χ0) is 17.3. The van der Waals surface area contributed by atoms with Crippen LogP contribution in [0.3, 0.4) is 0 Å². The first-order chi connectivity index (χ1) is 11.8. The molecule has 2 nitrogen and oxygen atoms in total. The van der Waals surface area contributed by atoms with Crippen molar-refractivity contribution < 1.29 is 9.27 Å². The van der Waals surface area contributed by atoms with E-state index in [9.17, 15) is 0 Å². The van der Waals surface area contributed by atoms with Crippen LogP contribution in [0, 0.1) is 0 Å². The predicted molar refractivity (Wildman–Crippen MR) is 105 cm³/mol. The highest BCUT2D eigenvalue weighted by Gasteiger charge is 1.99. The van der Waals surface area contributed by atoms with E-state index < -0.39 is 0 Å². The first kappa shape index (κ1) is 24.1. The molecule has 0 aliphatic rings. The lowest BCUT2D eigenvalue weighted by Gasteiger charge is -2.03. The largest absolute Gasteiger partial charge is 1.00 e. The maximum Gasteiger partial charge on any atom is 0.243 e. The Morgan fingerprint density at radius 3 is 1.40 bits per heavy atom. The molecular formula is C22H43FN2. The molecule has 0 aromatic carbocycles. The van der Waals surface area contributed by atoms with Crippen LogP contribution >= 0.6 is 0 Å². The first-order valence-corrected chi connectivity index (χ1v) is 10.8. The summed E-state index contributed by atoms with van der Waals surface area (Å²) in [6.45, 7) is 3.48. The molecule has 0 unspecified atom stereocenters. The van der Waals surface area contributed by atoms with Crippen LogP contribution < -0.4 is 9.27 Å². The van der Waals surface area contributed by atoms with Crippen molar-refractivity contribution in [1.82, 2.24) is 4.57 Å². The molecule has 0 atom stereocenters. The zero-order valence-electron chi connectivity index (χ0n) is 17.0. The summed E-state index contributed by atoms with van der Waals surface area (Å²) in [6.07, 6.45) is 29.5. The molecule has 148 valence electrons. The molecule has 0 spiro atoms. The highest BCUT2D eigenvalue weighted by Crippen LogP contribution is 2.13. The fourth-order valence-electron chi connectivity index (χ4n) is 3.48. The molecular weight excluding hydrogens is 311 g/mol. The van der Waals surface area contributed by atoms with E-state index in [2.05, 4.69) is 41.8 Å². The van der Waals surface area contributed by atoms with Gasteiger partial charge in [-0.3, -0.25) is 0 Å². The monoisotopic (exact) mass is 354 g/mol. The van der Waals surface area contributed by atoms with Crippen LogP contribution in [-0.4, -0.2) is 4.57 Å². The third kappa shape index (κ3) is 15.1. The van der Waals surface area contributed by atoms with Crippen LogP contribution in [0.15, 0.2) is 18.7 Å². The normalized spacial score (nSPS) is 10.8. The van der Waals surface area contributed by atoms with Gasteiger partial charge < -0.3 is 4.70 Å². The predicted octanol–water partition coefficient (Wildman–Crippen LogP) is 3.58. The number of aryl methyl sites for hydroxylation is 2. The maximum atomic E-state index is 2.30. The molecule has 0 saturated heterocycles. The van der Waals surface area contributed by atoms with Crippen LogP contribution in [0.25, 0.3) is 0 Å². The van der Waals surface area contributed by atoms with E-state index >= 15 is 0 Å². The van der Waals surface area contributed by atoms with Crippen molar-refractivity contribution in [2.75, 3.05) is 0 Å². The van der Waals surface area contributed by atoms with E-state index in [-0.39, 0.29) is 4.70 Å². The van der Waals surface area contributed by atoms with Crippen molar-refractivity contribution in [3.8, 4) is 0 Å². The number of hydrogen-bond acceptors (Lipinski definition) is 0. The van der Waals surface area contributed by atoms with Crippen LogP contribution in [-0.2, 0) is 13.6 Å². The molecule has 0 aliphatic heterocycles. The number of hydrogen-bond donors (Lipinski definition) is 0. The van der Waals surface area contributed by atoms with Gasteiger partial charge in [-0.15, -0.1) is 0 Å². The summed E-state index contributed by atoms with van der Waals surface area (Å²) in [5.74, 6) is 0. The van der Waals surface area contributed by atoms with Gasteiger partial charge in [-0.1, -0.05) is 96.8 Å². The second-order valence-electron chi connectivity index (χ2n) is 7.62. The number of aromatic nitrogens is 2. The van der Waals surface area contributed by atoms with Gasteiger partial charge in [0, 0.05) is 0 Å². The fraction of sp³-hybridized carbons (Fsp3) is 0.864. The van der Waals surface area contributed by atoms with Gasteiger partial charge in [-0.25, -0.2) is 9.13 Å². The zero-order valence-corrected chi connectivity index (χ0v) is 17.0. The van der Waals surface area contributed by atoms with Crippen molar-refractivity contribution in [3.05, 3.63) is 18.7 Å². The number of rotatable bonds is 17. The van der Waals surface area contributed by atoms with Crippen LogP contribution in [0.1, 0.15) is 110 Å². The molecule has 0 aliphatic carbocycles. The number of halogens is 1. The van der Waals surface area contributed by atoms with Crippen molar-refractivity contribution in [2.24, 2.45) is 7.05 Å². The standard InChI is InChI=1S/C22H43N2.FH/c1-3-4-5-6-7-8-9-10-11-12-13-14-15-16-17-18-19-24-21-20-23(2)22-24;/h20-22H,3-19H2,1-2H3;1H/q+1;/p-1. The van der Waals surface area contributed by atoms with E-state index in [4.69, 9.17) is 0 Å². The number of unbranched alkanes of at least 4 members (excludes halogenated alkanes) is 15. The van der Waals surface area contributed by atoms with E-state index in [0.29, 0.717) is 0 Å². The fourth-order valence-corrected chi connectivity index (χ4v) is 3.48. The summed E-state index contributed by atoms with van der Waals surface area (Å²) >= 11 is 0. The highest BCUT2D eigenvalue weighted by atomic mass is 19.0. The molecule has 3 heteroatoms. The number of imidazole rings is 1. The van der Waals surface area contributed by atoms with Crippen LogP contribution in [0.4, 0.5) is 0 Å². The topological polar surface area (TPSA) is 8.81 Å². The number of nitrogens with zero attached hydrogens (tertiary/aromatic N) is 2. The Labute approximate surface area is 156 Å². The molecule has 0 radical (unpaired) electrons. The van der Waals surface area contributed by atoms with E-state index in [1.165, 1.54) is 109 Å². The second-order valence-corrected chi connectivity index (χ2v) is 7.62. The van der Waals surface area contributed by atoms with Gasteiger partial charge in [0.05, 0.1) is 13.6 Å². The average Bonchev–Trinajstić information content (AvgIpc) is 3.00. The van der Waals surface area contributed by atoms with Gasteiger partial charge in [0.15, 0.2) is 0 Å². The lowest BCUT2D eigenvalue weighted by Crippen LogP contribution is -3.00. The van der Waals surface area contributed by atoms with Crippen molar-refractivity contribution in [1.29, 1.82) is 0 Å². The lowest BCUT2D eigenvalue weighted by molar-refractivity contribution is -0.671. The molecule has 1 rings (SSSR count). The van der Waals surface area contributed by atoms with Gasteiger partial charge in [-0.05, 0) is 12.8 Å². The Hall–Kier alpha value is -0.860. The molecule has 0 saturated carbocycles. The smallest absolute Gasteiger partial charge is 0.243 e. The van der Waals surface area contributed by atoms with Crippen LogP contribution in [0.5, 0.6) is 0 Å². The summed E-state index contributed by atoms with van der Waals surface area (Å²) in [5, 5.41) is 0. The molecule has 1 heterocycles. The van der Waals surface area contributed by atoms with E-state index in [0.717, 1.165) is 0 Å². The van der Waals surface area contributed by atoms with Gasteiger partial charge in [0.2, 0.25) is 6.33 Å². The minimum Gasteiger partial charge on any atom is -1.00 e. The van der Waals surface area contributed by atoms with Crippen molar-refractivity contribution in [3.63, 3.8) is 0 Å². The maximum absolute atomic E-state index is 2.30. The lowest BCUT2D eigenvalue weighted by atomic mass is 10.0. The summed E-state index contributed by atoms with van der Waals surface area (Å²) in [5.41, 5.74) is 0. The third-order valence-corrected chi connectivity index (χ3v) is 5.09. The second kappa shape index (κ2) is 17.9. The summed E-state index contributed by atoms with van der Waals surface area (Å²) in [7, 11) is 2.09. The highest BCUT2D eigenvalue weighted by molar-refractivity contribution is 4.65. The SMILES string of the molecule is CCCCCCCCCCCCCCCCCCn1cc[n+](C)c1.[F-]. The molecule has 1 aromatic heterocycles. The van der Waals surface area contributed by atoms with E-state index in [1.54, 1.807) is 0 Å². The first-order valence-electron chi connectivity index (χ1n) is 10.8. The minimum absolute atomic E-state index is 0. The Morgan fingerprint density at radius 2 is 1.04 bits per heavy atom. The van der Waals surface area contributed by atoms with Gasteiger partial charge in [-0.2, -0.15) is 0 Å². The van der Waals surface area contributed by atoms with Gasteiger partial charge in [0.25, 0.3) is 0 Å². The molecule has 1 aromatic rings. The Kier molecular flexibility index (Phi) is 17.3.